The van der Waals surface area contributed by atoms with Crippen LogP contribution in [0.25, 0.3) is 0 Å². The molecule has 2 fully saturated rings. The van der Waals surface area contributed by atoms with Crippen molar-refractivity contribution in [2.24, 2.45) is 5.92 Å². The number of ether oxygens (including phenoxy) is 3. The van der Waals surface area contributed by atoms with E-state index in [0.29, 0.717) is 30.5 Å². The molecule has 138 valence electrons. The highest BCUT2D eigenvalue weighted by Gasteiger charge is 2.31. The number of sulfonamides is 1. The van der Waals surface area contributed by atoms with Gasteiger partial charge in [-0.3, -0.25) is 4.90 Å². The summed E-state index contributed by atoms with van der Waals surface area (Å²) in [6.07, 6.45) is 1.81. The van der Waals surface area contributed by atoms with Crippen molar-refractivity contribution in [3.63, 3.8) is 0 Å². The molecule has 3 heterocycles. The summed E-state index contributed by atoms with van der Waals surface area (Å²) in [6.45, 7) is 5.91. The van der Waals surface area contributed by atoms with E-state index in [4.69, 9.17) is 14.2 Å². The summed E-state index contributed by atoms with van der Waals surface area (Å²) in [5.41, 5.74) is 0. The van der Waals surface area contributed by atoms with Gasteiger partial charge in [0.1, 0.15) is 0 Å². The zero-order valence-corrected chi connectivity index (χ0v) is 15.0. The maximum Gasteiger partial charge on any atom is 0.243 e. The van der Waals surface area contributed by atoms with E-state index in [0.717, 1.165) is 45.7 Å². The predicted molar refractivity (Wildman–Crippen MR) is 91.3 cm³/mol. The summed E-state index contributed by atoms with van der Waals surface area (Å²) in [7, 11) is -3.48. The van der Waals surface area contributed by atoms with Gasteiger partial charge in [-0.2, -0.15) is 4.31 Å². The Bertz CT molecular complexity index is 710. The number of morpholine rings is 1. The molecular formula is C17H24N2O5S. The summed E-state index contributed by atoms with van der Waals surface area (Å²) in [5.74, 6) is 1.66. The van der Waals surface area contributed by atoms with E-state index in [1.165, 1.54) is 0 Å². The van der Waals surface area contributed by atoms with Gasteiger partial charge in [0.05, 0.1) is 18.1 Å². The molecular weight excluding hydrogens is 344 g/mol. The van der Waals surface area contributed by atoms with Crippen LogP contribution in [0.2, 0.25) is 0 Å². The van der Waals surface area contributed by atoms with Crippen LogP contribution in [0, 0.1) is 5.92 Å². The molecule has 8 heteroatoms. The number of hydrogen-bond acceptors (Lipinski definition) is 6. The van der Waals surface area contributed by atoms with Crippen LogP contribution in [0.1, 0.15) is 12.8 Å². The van der Waals surface area contributed by atoms with Crippen molar-refractivity contribution in [1.82, 2.24) is 9.21 Å². The number of fused-ring (bicyclic) bond motifs is 1. The summed E-state index contributed by atoms with van der Waals surface area (Å²) in [5, 5.41) is 0. The molecule has 0 spiro atoms. The van der Waals surface area contributed by atoms with Crippen LogP contribution >= 0.6 is 0 Å². The molecule has 0 atom stereocenters. The maximum atomic E-state index is 12.9. The van der Waals surface area contributed by atoms with Gasteiger partial charge < -0.3 is 14.2 Å². The minimum absolute atomic E-state index is 0.145. The van der Waals surface area contributed by atoms with Crippen LogP contribution in [-0.2, 0) is 14.8 Å². The Balaban J connectivity index is 1.37. The Labute approximate surface area is 148 Å². The number of piperidine rings is 1. The number of hydrogen-bond donors (Lipinski definition) is 0. The van der Waals surface area contributed by atoms with Crippen LogP contribution in [0.5, 0.6) is 11.5 Å². The first-order valence-corrected chi connectivity index (χ1v) is 10.3. The average molecular weight is 368 g/mol. The first kappa shape index (κ1) is 17.1. The average Bonchev–Trinajstić information content (AvgIpc) is 3.11. The molecule has 1 aromatic rings. The fourth-order valence-electron chi connectivity index (χ4n) is 3.67. The molecule has 0 bridgehead atoms. The van der Waals surface area contributed by atoms with Gasteiger partial charge in [0, 0.05) is 38.8 Å². The lowest BCUT2D eigenvalue weighted by molar-refractivity contribution is 0.0269. The number of nitrogens with zero attached hydrogens (tertiary/aromatic N) is 2. The normalized spacial score (nSPS) is 23.0. The maximum absolute atomic E-state index is 12.9. The Hall–Kier alpha value is -1.35. The Morgan fingerprint density at radius 2 is 1.72 bits per heavy atom. The van der Waals surface area contributed by atoms with Gasteiger partial charge in [-0.05, 0) is 30.9 Å². The smallest absolute Gasteiger partial charge is 0.243 e. The van der Waals surface area contributed by atoms with E-state index in [2.05, 4.69) is 4.90 Å². The van der Waals surface area contributed by atoms with Gasteiger partial charge >= 0.3 is 0 Å². The number of rotatable bonds is 4. The minimum Gasteiger partial charge on any atom is -0.454 e. The molecule has 4 rings (SSSR count). The minimum atomic E-state index is -3.48. The summed E-state index contributed by atoms with van der Waals surface area (Å²) < 4.78 is 43.3. The third-order valence-corrected chi connectivity index (χ3v) is 7.07. The lowest BCUT2D eigenvalue weighted by Crippen LogP contribution is -2.44. The zero-order valence-electron chi connectivity index (χ0n) is 14.2. The van der Waals surface area contributed by atoms with Gasteiger partial charge in [-0.25, -0.2) is 8.42 Å². The Morgan fingerprint density at radius 1 is 1.00 bits per heavy atom. The van der Waals surface area contributed by atoms with E-state index in [-0.39, 0.29) is 11.7 Å². The lowest BCUT2D eigenvalue weighted by atomic mass is 9.97. The van der Waals surface area contributed by atoms with Crippen molar-refractivity contribution >= 4 is 10.0 Å². The number of benzene rings is 1. The summed E-state index contributed by atoms with van der Waals surface area (Å²) in [4.78, 5) is 2.71. The third-order valence-electron chi connectivity index (χ3n) is 5.18. The topological polar surface area (TPSA) is 68.3 Å². The second kappa shape index (κ2) is 7.11. The van der Waals surface area contributed by atoms with E-state index in [9.17, 15) is 8.42 Å². The predicted octanol–water partition coefficient (Wildman–Crippen LogP) is 1.15. The van der Waals surface area contributed by atoms with Gasteiger partial charge in [0.15, 0.2) is 11.5 Å². The molecule has 1 aromatic carbocycles. The molecule has 0 saturated carbocycles. The molecule has 0 amide bonds. The highest BCUT2D eigenvalue weighted by molar-refractivity contribution is 7.89. The molecule has 0 unspecified atom stereocenters. The van der Waals surface area contributed by atoms with E-state index in [1.54, 1.807) is 22.5 Å². The van der Waals surface area contributed by atoms with Gasteiger partial charge in [0.2, 0.25) is 16.8 Å². The SMILES string of the molecule is O=S(=O)(c1ccc2c(c1)OCO2)N1CCC(CN2CCOCC2)CC1. The van der Waals surface area contributed by atoms with Crippen molar-refractivity contribution in [2.75, 3.05) is 52.7 Å². The second-order valence-electron chi connectivity index (χ2n) is 6.78. The van der Waals surface area contributed by atoms with Crippen molar-refractivity contribution in [3.05, 3.63) is 18.2 Å². The molecule has 2 saturated heterocycles. The van der Waals surface area contributed by atoms with Crippen LogP contribution in [-0.4, -0.2) is 70.4 Å². The molecule has 0 N–H and O–H groups in total. The first-order chi connectivity index (χ1) is 12.1. The lowest BCUT2D eigenvalue weighted by Gasteiger charge is -2.35. The fourth-order valence-corrected chi connectivity index (χ4v) is 5.15. The largest absolute Gasteiger partial charge is 0.454 e. The fraction of sp³-hybridized carbons (Fsp3) is 0.647. The summed E-state index contributed by atoms with van der Waals surface area (Å²) in [6, 6.07) is 4.83. The second-order valence-corrected chi connectivity index (χ2v) is 8.71. The molecule has 25 heavy (non-hydrogen) atoms. The quantitative estimate of drug-likeness (QED) is 0.794. The third kappa shape index (κ3) is 3.62. The molecule has 7 nitrogen and oxygen atoms in total. The Morgan fingerprint density at radius 3 is 2.48 bits per heavy atom. The van der Waals surface area contributed by atoms with Crippen LogP contribution < -0.4 is 9.47 Å². The van der Waals surface area contributed by atoms with Gasteiger partial charge in [-0.1, -0.05) is 0 Å². The van der Waals surface area contributed by atoms with E-state index >= 15 is 0 Å². The molecule has 0 radical (unpaired) electrons. The standard InChI is InChI=1S/C17H24N2O5S/c20-25(21,15-1-2-16-17(11-15)24-13-23-16)19-5-3-14(4-6-19)12-18-7-9-22-10-8-18/h1-2,11,14H,3-10,12-13H2. The van der Waals surface area contributed by atoms with Crippen LogP contribution in [0.3, 0.4) is 0 Å². The first-order valence-electron chi connectivity index (χ1n) is 8.83. The van der Waals surface area contributed by atoms with Gasteiger partial charge in [0.25, 0.3) is 0 Å². The molecule has 3 aliphatic rings. The highest BCUT2D eigenvalue weighted by Crippen LogP contribution is 2.35. The summed E-state index contributed by atoms with van der Waals surface area (Å²) >= 11 is 0. The highest BCUT2D eigenvalue weighted by atomic mass is 32.2. The monoisotopic (exact) mass is 368 g/mol. The molecule has 0 aliphatic carbocycles. The van der Waals surface area contributed by atoms with Crippen LogP contribution in [0.15, 0.2) is 23.1 Å². The van der Waals surface area contributed by atoms with Crippen LogP contribution in [0.4, 0.5) is 0 Å². The molecule has 0 aromatic heterocycles. The molecule has 3 aliphatic heterocycles. The van der Waals surface area contributed by atoms with Crippen molar-refractivity contribution in [3.8, 4) is 11.5 Å². The Kier molecular flexibility index (Phi) is 4.86. The van der Waals surface area contributed by atoms with Crippen molar-refractivity contribution in [1.29, 1.82) is 0 Å². The van der Waals surface area contributed by atoms with Gasteiger partial charge in [-0.15, -0.1) is 0 Å². The van der Waals surface area contributed by atoms with Crippen molar-refractivity contribution < 1.29 is 22.6 Å². The zero-order chi connectivity index (χ0) is 17.3. The van der Waals surface area contributed by atoms with E-state index in [1.807, 2.05) is 0 Å². The van der Waals surface area contributed by atoms with E-state index < -0.39 is 10.0 Å². The van der Waals surface area contributed by atoms with Crippen molar-refractivity contribution in [2.45, 2.75) is 17.7 Å².